The summed E-state index contributed by atoms with van der Waals surface area (Å²) in [5, 5.41) is 4.66. The van der Waals surface area contributed by atoms with E-state index in [1.165, 1.54) is 6.42 Å². The molecule has 0 heterocycles. The zero-order chi connectivity index (χ0) is 22.4. The fourth-order valence-electron chi connectivity index (χ4n) is 3.91. The number of hydrogen-bond donors (Lipinski definition) is 1. The van der Waals surface area contributed by atoms with E-state index in [9.17, 15) is 9.59 Å². The number of halogens is 3. The normalized spacial score (nSPS) is 15.4. The maximum Gasteiger partial charge on any atom is 0.242 e. The number of carbonyl (C=O) groups excluding carboxylic acids is 2. The summed E-state index contributed by atoms with van der Waals surface area (Å²) in [4.78, 5) is 27.9. The van der Waals surface area contributed by atoms with Gasteiger partial charge >= 0.3 is 0 Å². The first-order chi connectivity index (χ1) is 14.8. The van der Waals surface area contributed by atoms with Crippen molar-refractivity contribution in [1.82, 2.24) is 10.2 Å². The predicted molar refractivity (Wildman–Crippen MR) is 127 cm³/mol. The highest BCUT2D eigenvalue weighted by molar-refractivity contribution is 6.35. The zero-order valence-corrected chi connectivity index (χ0v) is 19.8. The minimum atomic E-state index is -0.625. The molecular formula is C24H27Cl3N2O2. The molecule has 0 radical (unpaired) electrons. The van der Waals surface area contributed by atoms with E-state index in [1.54, 1.807) is 36.1 Å². The van der Waals surface area contributed by atoms with E-state index < -0.39 is 6.04 Å². The second-order valence-electron chi connectivity index (χ2n) is 8.08. The lowest BCUT2D eigenvalue weighted by atomic mass is 9.95. The van der Waals surface area contributed by atoms with Crippen molar-refractivity contribution in [2.24, 2.45) is 0 Å². The molecule has 1 N–H and O–H groups in total. The summed E-state index contributed by atoms with van der Waals surface area (Å²) in [5.41, 5.74) is 1.53. The van der Waals surface area contributed by atoms with E-state index in [2.05, 4.69) is 5.32 Å². The predicted octanol–water partition coefficient (Wildman–Crippen LogP) is 6.06. The molecule has 4 nitrogen and oxygen atoms in total. The molecule has 7 heteroatoms. The van der Waals surface area contributed by atoms with Crippen LogP contribution in [0.5, 0.6) is 0 Å². The van der Waals surface area contributed by atoms with Crippen LogP contribution < -0.4 is 5.32 Å². The summed E-state index contributed by atoms with van der Waals surface area (Å²) in [6.45, 7) is 2.05. The van der Waals surface area contributed by atoms with Gasteiger partial charge in [-0.2, -0.15) is 0 Å². The molecule has 1 saturated carbocycles. The summed E-state index contributed by atoms with van der Waals surface area (Å²) in [6, 6.07) is 11.9. The maximum atomic E-state index is 13.3. The van der Waals surface area contributed by atoms with Crippen LogP contribution in [0.25, 0.3) is 0 Å². The van der Waals surface area contributed by atoms with Crippen molar-refractivity contribution in [3.8, 4) is 0 Å². The van der Waals surface area contributed by atoms with Crippen molar-refractivity contribution in [1.29, 1.82) is 0 Å². The number of benzene rings is 2. The summed E-state index contributed by atoms with van der Waals surface area (Å²) in [6.07, 6.45) is 5.52. The van der Waals surface area contributed by atoms with Gasteiger partial charge in [-0.1, -0.05) is 72.3 Å². The Morgan fingerprint density at radius 1 is 1.03 bits per heavy atom. The van der Waals surface area contributed by atoms with Gasteiger partial charge in [0.05, 0.1) is 6.42 Å². The molecule has 2 aromatic rings. The maximum absolute atomic E-state index is 13.3. The first kappa shape index (κ1) is 23.9. The van der Waals surface area contributed by atoms with Crippen molar-refractivity contribution in [2.75, 3.05) is 0 Å². The number of amides is 2. The van der Waals surface area contributed by atoms with Gasteiger partial charge in [0, 0.05) is 27.7 Å². The molecule has 0 bridgehead atoms. The Labute approximate surface area is 198 Å². The number of carbonyl (C=O) groups is 2. The van der Waals surface area contributed by atoms with Gasteiger partial charge in [-0.25, -0.2) is 0 Å². The molecule has 0 aliphatic heterocycles. The minimum Gasteiger partial charge on any atom is -0.352 e. The van der Waals surface area contributed by atoms with Gasteiger partial charge in [0.2, 0.25) is 11.8 Å². The van der Waals surface area contributed by atoms with Gasteiger partial charge in [-0.05, 0) is 55.2 Å². The molecule has 166 valence electrons. The number of nitrogens with one attached hydrogen (secondary N) is 1. The molecule has 31 heavy (non-hydrogen) atoms. The molecule has 2 amide bonds. The Morgan fingerprint density at radius 2 is 1.74 bits per heavy atom. The molecule has 0 saturated heterocycles. The Hall–Kier alpha value is -1.75. The third-order valence-electron chi connectivity index (χ3n) is 5.72. The van der Waals surface area contributed by atoms with Gasteiger partial charge in [-0.15, -0.1) is 0 Å². The molecule has 1 atom stereocenters. The minimum absolute atomic E-state index is 0.0810. The number of hydrogen-bond acceptors (Lipinski definition) is 2. The van der Waals surface area contributed by atoms with Crippen molar-refractivity contribution in [3.05, 3.63) is 68.7 Å². The van der Waals surface area contributed by atoms with E-state index >= 15 is 0 Å². The summed E-state index contributed by atoms with van der Waals surface area (Å²) < 4.78 is 0. The van der Waals surface area contributed by atoms with Crippen LogP contribution >= 0.6 is 34.8 Å². The third kappa shape index (κ3) is 6.86. The van der Waals surface area contributed by atoms with Crippen molar-refractivity contribution >= 4 is 46.6 Å². The van der Waals surface area contributed by atoms with E-state index in [-0.39, 0.29) is 30.8 Å². The highest BCUT2D eigenvalue weighted by atomic mass is 35.5. The molecule has 3 rings (SSSR count). The van der Waals surface area contributed by atoms with Gasteiger partial charge in [0.1, 0.15) is 6.04 Å². The molecule has 0 aromatic heterocycles. The van der Waals surface area contributed by atoms with Crippen LogP contribution in [-0.2, 0) is 22.6 Å². The average molecular weight is 482 g/mol. The standard InChI is InChI=1S/C24H27Cl3N2O2/c1-16(24(31)28-21-8-3-2-4-9-21)29(15-17-6-5-7-19(25)12-17)23(30)13-18-10-11-20(26)14-22(18)27/h5-7,10-12,14,16,21H,2-4,8-9,13,15H2,1H3,(H,28,31)/t16-/m1/s1. The topological polar surface area (TPSA) is 49.4 Å². The van der Waals surface area contributed by atoms with E-state index in [4.69, 9.17) is 34.8 Å². The van der Waals surface area contributed by atoms with E-state index in [0.29, 0.717) is 20.6 Å². The average Bonchev–Trinajstić information content (AvgIpc) is 2.74. The van der Waals surface area contributed by atoms with Crippen LogP contribution in [0.1, 0.15) is 50.2 Å². The molecule has 2 aromatic carbocycles. The monoisotopic (exact) mass is 480 g/mol. The van der Waals surface area contributed by atoms with Gasteiger partial charge < -0.3 is 10.2 Å². The van der Waals surface area contributed by atoms with Crippen LogP contribution in [0.4, 0.5) is 0 Å². The Kier molecular flexibility index (Phi) is 8.65. The quantitative estimate of drug-likeness (QED) is 0.523. The summed E-state index contributed by atoms with van der Waals surface area (Å²) >= 11 is 18.4. The highest BCUT2D eigenvalue weighted by Crippen LogP contribution is 2.23. The third-order valence-corrected chi connectivity index (χ3v) is 6.54. The lowest BCUT2D eigenvalue weighted by Crippen LogP contribution is -2.50. The largest absolute Gasteiger partial charge is 0.352 e. The lowest BCUT2D eigenvalue weighted by Gasteiger charge is -2.31. The first-order valence-corrected chi connectivity index (χ1v) is 11.7. The van der Waals surface area contributed by atoms with Crippen LogP contribution in [0, 0.1) is 0 Å². The highest BCUT2D eigenvalue weighted by Gasteiger charge is 2.28. The molecule has 1 aliphatic rings. The summed E-state index contributed by atoms with van der Waals surface area (Å²) in [7, 11) is 0. The second-order valence-corrected chi connectivity index (χ2v) is 9.36. The van der Waals surface area contributed by atoms with Crippen LogP contribution in [-0.4, -0.2) is 28.8 Å². The second kappa shape index (κ2) is 11.2. The van der Waals surface area contributed by atoms with E-state index in [0.717, 1.165) is 31.2 Å². The molecule has 0 unspecified atom stereocenters. The Bertz CT molecular complexity index is 929. The van der Waals surface area contributed by atoms with Gasteiger partial charge in [0.25, 0.3) is 0 Å². The Balaban J connectivity index is 1.78. The van der Waals surface area contributed by atoms with Crippen molar-refractivity contribution < 1.29 is 9.59 Å². The van der Waals surface area contributed by atoms with Crippen molar-refractivity contribution in [3.63, 3.8) is 0 Å². The number of nitrogens with zero attached hydrogens (tertiary/aromatic N) is 1. The van der Waals surface area contributed by atoms with E-state index in [1.807, 2.05) is 18.2 Å². The lowest BCUT2D eigenvalue weighted by molar-refractivity contribution is -0.140. The van der Waals surface area contributed by atoms with Crippen LogP contribution in [0.3, 0.4) is 0 Å². The SMILES string of the molecule is C[C@H](C(=O)NC1CCCCC1)N(Cc1cccc(Cl)c1)C(=O)Cc1ccc(Cl)cc1Cl. The number of rotatable bonds is 7. The van der Waals surface area contributed by atoms with Crippen LogP contribution in [0.15, 0.2) is 42.5 Å². The molecule has 1 aliphatic carbocycles. The fourth-order valence-corrected chi connectivity index (χ4v) is 4.60. The molecule has 1 fully saturated rings. The Morgan fingerprint density at radius 3 is 2.42 bits per heavy atom. The molecular weight excluding hydrogens is 455 g/mol. The summed E-state index contributed by atoms with van der Waals surface area (Å²) in [5.74, 6) is -0.319. The zero-order valence-electron chi connectivity index (χ0n) is 17.5. The van der Waals surface area contributed by atoms with Crippen molar-refractivity contribution in [2.45, 2.75) is 64.1 Å². The van der Waals surface area contributed by atoms with Gasteiger partial charge in [0.15, 0.2) is 0 Å². The fraction of sp³-hybridized carbons (Fsp3) is 0.417. The molecule has 0 spiro atoms. The van der Waals surface area contributed by atoms with Crippen LogP contribution in [0.2, 0.25) is 15.1 Å². The van der Waals surface area contributed by atoms with Gasteiger partial charge in [-0.3, -0.25) is 9.59 Å². The smallest absolute Gasteiger partial charge is 0.242 e. The first-order valence-electron chi connectivity index (χ1n) is 10.6.